The van der Waals surface area contributed by atoms with Gasteiger partial charge in [-0.3, -0.25) is 0 Å². The van der Waals surface area contributed by atoms with Gasteiger partial charge in [-0.05, 0) is 18.1 Å². The fourth-order valence-electron chi connectivity index (χ4n) is 2.19. The van der Waals surface area contributed by atoms with Crippen molar-refractivity contribution in [3.05, 3.63) is 29.8 Å². The quantitative estimate of drug-likeness (QED) is 0.609. The van der Waals surface area contributed by atoms with Crippen LogP contribution in [0.5, 0.6) is 0 Å². The summed E-state index contributed by atoms with van der Waals surface area (Å²) in [6, 6.07) is 8.40. The molecule has 0 unspecified atom stereocenters. The molecule has 0 radical (unpaired) electrons. The Morgan fingerprint density at radius 2 is 2.05 bits per heavy atom. The second-order valence-electron chi connectivity index (χ2n) is 4.86. The number of ether oxygens (including phenoxy) is 1. The third-order valence-electron chi connectivity index (χ3n) is 3.28. The summed E-state index contributed by atoms with van der Waals surface area (Å²) in [5, 5.41) is 12.6. The van der Waals surface area contributed by atoms with E-state index < -0.39 is 0 Å². The van der Waals surface area contributed by atoms with E-state index in [-0.39, 0.29) is 6.61 Å². The summed E-state index contributed by atoms with van der Waals surface area (Å²) in [6.07, 6.45) is 2.31. The van der Waals surface area contributed by atoms with Gasteiger partial charge in [0, 0.05) is 39.0 Å². The third kappa shape index (κ3) is 5.90. The van der Waals surface area contributed by atoms with E-state index in [4.69, 9.17) is 4.74 Å². The summed E-state index contributed by atoms with van der Waals surface area (Å²) < 4.78 is 5.04. The number of unbranched alkanes of at least 4 members (excludes halogenated alkanes) is 1. The predicted octanol–water partition coefficient (Wildman–Crippen LogP) is 2.02. The fraction of sp³-hybridized carbons (Fsp3) is 0.625. The van der Waals surface area contributed by atoms with Gasteiger partial charge in [-0.2, -0.15) is 0 Å². The van der Waals surface area contributed by atoms with Crippen molar-refractivity contribution in [1.29, 1.82) is 0 Å². The first-order valence-electron chi connectivity index (χ1n) is 7.46. The van der Waals surface area contributed by atoms with Crippen LogP contribution in [0.4, 0.5) is 5.69 Å². The molecule has 0 aliphatic rings. The summed E-state index contributed by atoms with van der Waals surface area (Å²) in [6.45, 7) is 6.46. The van der Waals surface area contributed by atoms with E-state index in [1.54, 1.807) is 7.11 Å². The molecular weight excluding hydrogens is 252 g/mol. The van der Waals surface area contributed by atoms with Gasteiger partial charge < -0.3 is 20.1 Å². The number of aliphatic hydroxyl groups excluding tert-OH is 1. The summed E-state index contributed by atoms with van der Waals surface area (Å²) in [5.74, 6) is 0. The van der Waals surface area contributed by atoms with Crippen LogP contribution in [0.3, 0.4) is 0 Å². The summed E-state index contributed by atoms with van der Waals surface area (Å²) in [5.41, 5.74) is 2.49. The van der Waals surface area contributed by atoms with Crippen LogP contribution in [0.15, 0.2) is 24.3 Å². The van der Waals surface area contributed by atoms with Gasteiger partial charge in [0.2, 0.25) is 0 Å². The maximum Gasteiger partial charge on any atom is 0.0606 e. The molecule has 0 heterocycles. The van der Waals surface area contributed by atoms with Crippen molar-refractivity contribution >= 4 is 5.69 Å². The molecule has 0 amide bonds. The van der Waals surface area contributed by atoms with Crippen molar-refractivity contribution in [2.75, 3.05) is 44.9 Å². The number of para-hydroxylation sites is 1. The smallest absolute Gasteiger partial charge is 0.0606 e. The molecule has 0 aliphatic carbocycles. The predicted molar refractivity (Wildman–Crippen MR) is 84.2 cm³/mol. The largest absolute Gasteiger partial charge is 0.395 e. The molecule has 114 valence electrons. The van der Waals surface area contributed by atoms with Crippen molar-refractivity contribution < 1.29 is 9.84 Å². The third-order valence-corrected chi connectivity index (χ3v) is 3.28. The van der Waals surface area contributed by atoms with Gasteiger partial charge in [-0.15, -0.1) is 0 Å². The molecule has 0 fully saturated rings. The van der Waals surface area contributed by atoms with Crippen LogP contribution >= 0.6 is 0 Å². The van der Waals surface area contributed by atoms with E-state index in [9.17, 15) is 5.11 Å². The highest BCUT2D eigenvalue weighted by molar-refractivity contribution is 5.53. The summed E-state index contributed by atoms with van der Waals surface area (Å²) in [7, 11) is 1.71. The minimum Gasteiger partial charge on any atom is -0.395 e. The zero-order valence-electron chi connectivity index (χ0n) is 12.8. The van der Waals surface area contributed by atoms with Gasteiger partial charge in [0.15, 0.2) is 0 Å². The monoisotopic (exact) mass is 280 g/mol. The summed E-state index contributed by atoms with van der Waals surface area (Å²) in [4.78, 5) is 2.27. The Labute approximate surface area is 122 Å². The lowest BCUT2D eigenvalue weighted by molar-refractivity contribution is 0.199. The molecule has 0 saturated carbocycles. The van der Waals surface area contributed by atoms with Gasteiger partial charge in [-0.1, -0.05) is 31.5 Å². The number of benzene rings is 1. The Morgan fingerprint density at radius 1 is 1.25 bits per heavy atom. The molecule has 0 spiro atoms. The molecule has 1 aromatic carbocycles. The van der Waals surface area contributed by atoms with Crippen LogP contribution < -0.4 is 10.2 Å². The Balaban J connectivity index is 2.69. The van der Waals surface area contributed by atoms with Crippen LogP contribution in [0.2, 0.25) is 0 Å². The Morgan fingerprint density at radius 3 is 2.75 bits per heavy atom. The Bertz CT molecular complexity index is 358. The zero-order valence-corrected chi connectivity index (χ0v) is 12.8. The molecule has 0 saturated heterocycles. The zero-order chi connectivity index (χ0) is 14.6. The van der Waals surface area contributed by atoms with Crippen molar-refractivity contribution in [2.45, 2.75) is 26.3 Å². The van der Waals surface area contributed by atoms with Crippen LogP contribution in [-0.4, -0.2) is 45.1 Å². The minimum atomic E-state index is 0.190. The lowest BCUT2D eigenvalue weighted by Gasteiger charge is -2.26. The maximum atomic E-state index is 9.26. The van der Waals surface area contributed by atoms with Crippen LogP contribution in [0.25, 0.3) is 0 Å². The van der Waals surface area contributed by atoms with Crippen LogP contribution in [0.1, 0.15) is 25.3 Å². The van der Waals surface area contributed by atoms with Gasteiger partial charge in [-0.25, -0.2) is 0 Å². The van der Waals surface area contributed by atoms with Crippen molar-refractivity contribution in [1.82, 2.24) is 5.32 Å². The summed E-state index contributed by atoms with van der Waals surface area (Å²) >= 11 is 0. The van der Waals surface area contributed by atoms with Crippen LogP contribution in [0, 0.1) is 0 Å². The maximum absolute atomic E-state index is 9.26. The average Bonchev–Trinajstić information content (AvgIpc) is 2.48. The van der Waals surface area contributed by atoms with Gasteiger partial charge >= 0.3 is 0 Å². The first-order chi connectivity index (χ1) is 9.83. The molecule has 4 nitrogen and oxygen atoms in total. The first-order valence-corrected chi connectivity index (χ1v) is 7.46. The SMILES string of the molecule is CCCCN(CCO)c1ccccc1CNCCOC. The second-order valence-corrected chi connectivity index (χ2v) is 4.86. The molecule has 4 heteroatoms. The first kappa shape index (κ1) is 17.0. The molecule has 0 atom stereocenters. The van der Waals surface area contributed by atoms with Crippen molar-refractivity contribution in [3.8, 4) is 0 Å². The van der Waals surface area contributed by atoms with E-state index in [1.165, 1.54) is 11.3 Å². The normalized spacial score (nSPS) is 10.8. The highest BCUT2D eigenvalue weighted by Gasteiger charge is 2.09. The molecule has 20 heavy (non-hydrogen) atoms. The highest BCUT2D eigenvalue weighted by Crippen LogP contribution is 2.20. The lowest BCUT2D eigenvalue weighted by Crippen LogP contribution is -2.29. The number of rotatable bonds is 11. The molecule has 2 N–H and O–H groups in total. The second kappa shape index (κ2) is 10.7. The number of nitrogens with one attached hydrogen (secondary N) is 1. The number of hydrogen-bond donors (Lipinski definition) is 2. The van der Waals surface area contributed by atoms with E-state index in [2.05, 4.69) is 41.4 Å². The Hall–Kier alpha value is -1.10. The molecule has 0 bridgehead atoms. The number of nitrogens with zero attached hydrogens (tertiary/aromatic N) is 1. The fourth-order valence-corrected chi connectivity index (χ4v) is 2.19. The number of anilines is 1. The van der Waals surface area contributed by atoms with E-state index in [0.717, 1.165) is 39.1 Å². The molecule has 0 aliphatic heterocycles. The number of aliphatic hydroxyl groups is 1. The number of methoxy groups -OCH3 is 1. The average molecular weight is 280 g/mol. The van der Waals surface area contributed by atoms with E-state index in [0.29, 0.717) is 6.54 Å². The topological polar surface area (TPSA) is 44.7 Å². The molecule has 1 rings (SSSR count). The highest BCUT2D eigenvalue weighted by atomic mass is 16.5. The van der Waals surface area contributed by atoms with Gasteiger partial charge in [0.25, 0.3) is 0 Å². The Kier molecular flexibility index (Phi) is 9.04. The van der Waals surface area contributed by atoms with E-state index in [1.807, 2.05) is 0 Å². The van der Waals surface area contributed by atoms with Crippen molar-refractivity contribution in [2.24, 2.45) is 0 Å². The minimum absolute atomic E-state index is 0.190. The van der Waals surface area contributed by atoms with E-state index >= 15 is 0 Å². The van der Waals surface area contributed by atoms with Crippen molar-refractivity contribution in [3.63, 3.8) is 0 Å². The molecular formula is C16H28N2O2. The standard InChI is InChI=1S/C16H28N2O2/c1-3-4-10-18(11-12-19)16-8-6-5-7-15(16)14-17-9-13-20-2/h5-8,17,19H,3-4,9-14H2,1-2H3. The van der Waals surface area contributed by atoms with Crippen LogP contribution in [-0.2, 0) is 11.3 Å². The number of hydrogen-bond acceptors (Lipinski definition) is 4. The van der Waals surface area contributed by atoms with Gasteiger partial charge in [0.1, 0.15) is 0 Å². The molecule has 1 aromatic rings. The molecule has 0 aromatic heterocycles. The lowest BCUT2D eigenvalue weighted by atomic mass is 10.1. The van der Waals surface area contributed by atoms with Gasteiger partial charge in [0.05, 0.1) is 13.2 Å².